The number of halogens is 1. The Labute approximate surface area is 115 Å². The van der Waals surface area contributed by atoms with Gasteiger partial charge >= 0.3 is 0 Å². The van der Waals surface area contributed by atoms with E-state index < -0.39 is 0 Å². The third-order valence-corrected chi connectivity index (χ3v) is 4.19. The van der Waals surface area contributed by atoms with Crippen molar-refractivity contribution in [3.05, 3.63) is 23.9 Å². The van der Waals surface area contributed by atoms with Gasteiger partial charge in [-0.05, 0) is 31.0 Å². The highest BCUT2D eigenvalue weighted by atomic mass is 35.5. The van der Waals surface area contributed by atoms with Crippen LogP contribution in [0.25, 0.3) is 0 Å². The highest BCUT2D eigenvalue weighted by molar-refractivity contribution is 6.17. The van der Waals surface area contributed by atoms with Gasteiger partial charge in [0, 0.05) is 38.3 Å². The monoisotopic (exact) mass is 267 g/mol. The lowest BCUT2D eigenvalue weighted by atomic mass is 10.0. The third-order valence-electron chi connectivity index (χ3n) is 3.88. The minimum atomic E-state index is 0.534. The van der Waals surface area contributed by atoms with Crippen LogP contribution in [0, 0.1) is 0 Å². The molecule has 18 heavy (non-hydrogen) atoms. The van der Waals surface area contributed by atoms with Crippen molar-refractivity contribution in [1.82, 2.24) is 9.88 Å². The average Bonchev–Trinajstić information content (AvgIpc) is 2.47. The van der Waals surface area contributed by atoms with Crippen LogP contribution in [0.1, 0.15) is 25.3 Å². The Morgan fingerprint density at radius 2 is 2.11 bits per heavy atom. The maximum Gasteiger partial charge on any atom is 0.128 e. The molecule has 1 aromatic heterocycles. The molecule has 0 atom stereocenters. The van der Waals surface area contributed by atoms with Gasteiger partial charge in [0.15, 0.2) is 0 Å². The summed E-state index contributed by atoms with van der Waals surface area (Å²) in [4.78, 5) is 9.31. The van der Waals surface area contributed by atoms with Gasteiger partial charge in [0.05, 0.1) is 0 Å². The van der Waals surface area contributed by atoms with Gasteiger partial charge in [0.25, 0.3) is 0 Å². The zero-order chi connectivity index (χ0) is 13.0. The molecule has 0 saturated carbocycles. The summed E-state index contributed by atoms with van der Waals surface area (Å²) in [5.41, 5.74) is 1.08. The Kier molecular flexibility index (Phi) is 4.84. The fourth-order valence-electron chi connectivity index (χ4n) is 2.51. The predicted octanol–water partition coefficient (Wildman–Crippen LogP) is 2.74. The molecule has 2 heterocycles. The zero-order valence-corrected chi connectivity index (χ0v) is 12.0. The summed E-state index contributed by atoms with van der Waals surface area (Å²) in [7, 11) is 2.15. The number of anilines is 1. The molecule has 0 aromatic carbocycles. The summed E-state index contributed by atoms with van der Waals surface area (Å²) in [6.45, 7) is 5.80. The Hall–Kier alpha value is -0.800. The molecule has 1 aliphatic rings. The van der Waals surface area contributed by atoms with E-state index in [0.717, 1.165) is 11.4 Å². The van der Waals surface area contributed by atoms with Crippen molar-refractivity contribution in [2.45, 2.75) is 31.7 Å². The normalized spacial score (nSPS) is 17.9. The second-order valence-electron chi connectivity index (χ2n) is 4.93. The second-order valence-corrected chi connectivity index (χ2v) is 5.20. The maximum atomic E-state index is 5.78. The van der Waals surface area contributed by atoms with Crippen LogP contribution in [0.3, 0.4) is 0 Å². The summed E-state index contributed by atoms with van der Waals surface area (Å²) in [6.07, 6.45) is 4.33. The lowest BCUT2D eigenvalue weighted by molar-refractivity contribution is 0.220. The zero-order valence-electron chi connectivity index (χ0n) is 11.3. The van der Waals surface area contributed by atoms with Crippen LogP contribution in [-0.4, -0.2) is 42.6 Å². The molecule has 0 amide bonds. The minimum Gasteiger partial charge on any atom is -0.357 e. The van der Waals surface area contributed by atoms with Crippen LogP contribution in [0.5, 0.6) is 0 Å². The summed E-state index contributed by atoms with van der Waals surface area (Å²) >= 11 is 5.78. The van der Waals surface area contributed by atoms with Crippen molar-refractivity contribution >= 4 is 17.4 Å². The number of hydrogen-bond acceptors (Lipinski definition) is 3. The minimum absolute atomic E-state index is 0.534. The van der Waals surface area contributed by atoms with Crippen molar-refractivity contribution in [3.63, 3.8) is 0 Å². The van der Waals surface area contributed by atoms with E-state index in [0.29, 0.717) is 11.9 Å². The second kappa shape index (κ2) is 6.39. The fraction of sp³-hybridized carbons (Fsp3) is 0.643. The molecule has 1 fully saturated rings. The third kappa shape index (κ3) is 3.15. The van der Waals surface area contributed by atoms with E-state index in [4.69, 9.17) is 11.6 Å². The van der Waals surface area contributed by atoms with E-state index in [1.165, 1.54) is 32.5 Å². The number of pyridine rings is 1. The van der Waals surface area contributed by atoms with Crippen LogP contribution in [0.4, 0.5) is 5.82 Å². The van der Waals surface area contributed by atoms with Gasteiger partial charge < -0.3 is 9.80 Å². The van der Waals surface area contributed by atoms with Crippen LogP contribution in [0.15, 0.2) is 18.3 Å². The van der Waals surface area contributed by atoms with Crippen LogP contribution < -0.4 is 4.90 Å². The van der Waals surface area contributed by atoms with E-state index in [-0.39, 0.29) is 0 Å². The van der Waals surface area contributed by atoms with Gasteiger partial charge in [-0.2, -0.15) is 0 Å². The molecule has 1 aromatic rings. The number of hydrogen-bond donors (Lipinski definition) is 0. The molecule has 100 valence electrons. The molecule has 0 aliphatic carbocycles. The number of rotatable bonds is 4. The number of nitrogens with zero attached hydrogens (tertiary/aromatic N) is 3. The smallest absolute Gasteiger partial charge is 0.128 e. The Morgan fingerprint density at radius 3 is 2.61 bits per heavy atom. The molecule has 0 bridgehead atoms. The number of alkyl halides is 1. The van der Waals surface area contributed by atoms with Crippen molar-refractivity contribution < 1.29 is 0 Å². The van der Waals surface area contributed by atoms with E-state index in [1.807, 2.05) is 6.20 Å². The summed E-state index contributed by atoms with van der Waals surface area (Å²) in [6, 6.07) is 4.75. The first kappa shape index (κ1) is 13.6. The van der Waals surface area contributed by atoms with Gasteiger partial charge in [-0.25, -0.2) is 4.98 Å². The summed E-state index contributed by atoms with van der Waals surface area (Å²) in [5.74, 6) is 1.59. The summed E-state index contributed by atoms with van der Waals surface area (Å²) in [5, 5.41) is 0. The van der Waals surface area contributed by atoms with Crippen LogP contribution in [0.2, 0.25) is 0 Å². The Bertz CT molecular complexity index is 358. The van der Waals surface area contributed by atoms with Gasteiger partial charge in [0.2, 0.25) is 0 Å². The SMILES string of the molecule is CCN1CCC(N(C)c2ccc(CCl)cn2)CC1. The first-order chi connectivity index (χ1) is 8.74. The number of aromatic nitrogens is 1. The standard InChI is InChI=1S/C14H22ClN3/c1-3-18-8-6-13(7-9-18)17(2)14-5-4-12(10-15)11-16-14/h4-5,11,13H,3,6-10H2,1-2H3. The molecule has 2 rings (SSSR count). The van der Waals surface area contributed by atoms with E-state index >= 15 is 0 Å². The molecule has 1 saturated heterocycles. The highest BCUT2D eigenvalue weighted by Crippen LogP contribution is 2.20. The van der Waals surface area contributed by atoms with Gasteiger partial charge in [-0.3, -0.25) is 0 Å². The molecule has 1 aliphatic heterocycles. The summed E-state index contributed by atoms with van der Waals surface area (Å²) < 4.78 is 0. The van der Waals surface area contributed by atoms with Gasteiger partial charge in [-0.1, -0.05) is 13.0 Å². The van der Waals surface area contributed by atoms with Gasteiger partial charge in [-0.15, -0.1) is 11.6 Å². The molecule has 4 heteroatoms. The molecule has 0 spiro atoms. The van der Waals surface area contributed by atoms with Gasteiger partial charge in [0.1, 0.15) is 5.82 Å². The maximum absolute atomic E-state index is 5.78. The van der Waals surface area contributed by atoms with Crippen molar-refractivity contribution in [2.24, 2.45) is 0 Å². The lowest BCUT2D eigenvalue weighted by Gasteiger charge is -2.36. The molecular formula is C14H22ClN3. The van der Waals surface area contributed by atoms with E-state index in [2.05, 4.69) is 40.9 Å². The number of likely N-dealkylation sites (tertiary alicyclic amines) is 1. The molecule has 3 nitrogen and oxygen atoms in total. The average molecular weight is 268 g/mol. The first-order valence-electron chi connectivity index (χ1n) is 6.70. The topological polar surface area (TPSA) is 19.4 Å². The van der Waals surface area contributed by atoms with Crippen LogP contribution in [-0.2, 0) is 5.88 Å². The quantitative estimate of drug-likeness (QED) is 0.782. The molecule has 0 radical (unpaired) electrons. The largest absolute Gasteiger partial charge is 0.357 e. The Morgan fingerprint density at radius 1 is 1.39 bits per heavy atom. The predicted molar refractivity (Wildman–Crippen MR) is 77.3 cm³/mol. The van der Waals surface area contributed by atoms with E-state index in [1.54, 1.807) is 0 Å². The first-order valence-corrected chi connectivity index (χ1v) is 7.24. The highest BCUT2D eigenvalue weighted by Gasteiger charge is 2.22. The molecule has 0 unspecified atom stereocenters. The van der Waals surface area contributed by atoms with E-state index in [9.17, 15) is 0 Å². The lowest BCUT2D eigenvalue weighted by Crippen LogP contribution is -2.43. The van der Waals surface area contributed by atoms with Crippen molar-refractivity contribution in [1.29, 1.82) is 0 Å². The molecule has 0 N–H and O–H groups in total. The number of piperidine rings is 1. The fourth-order valence-corrected chi connectivity index (χ4v) is 2.67. The Balaban J connectivity index is 1.96. The van der Waals surface area contributed by atoms with Crippen molar-refractivity contribution in [3.8, 4) is 0 Å². The van der Waals surface area contributed by atoms with Crippen LogP contribution >= 0.6 is 11.6 Å². The van der Waals surface area contributed by atoms with Crippen molar-refractivity contribution in [2.75, 3.05) is 31.6 Å². The molecular weight excluding hydrogens is 246 g/mol.